The van der Waals surface area contributed by atoms with Crippen LogP contribution in [-0.2, 0) is 23.1 Å². The van der Waals surface area contributed by atoms with Gasteiger partial charge in [-0.3, -0.25) is 14.5 Å². The van der Waals surface area contributed by atoms with Gasteiger partial charge in [0.1, 0.15) is 6.04 Å². The van der Waals surface area contributed by atoms with Gasteiger partial charge in [0.25, 0.3) is 0 Å². The van der Waals surface area contributed by atoms with Gasteiger partial charge in [-0.1, -0.05) is 0 Å². The average Bonchev–Trinajstić information content (AvgIpc) is 2.79. The lowest BCUT2D eigenvalue weighted by atomic mass is 9.97. The van der Waals surface area contributed by atoms with Crippen molar-refractivity contribution in [2.24, 2.45) is 7.05 Å². The van der Waals surface area contributed by atoms with Gasteiger partial charge in [-0.05, 0) is 38.5 Å². The van der Waals surface area contributed by atoms with Crippen molar-refractivity contribution in [3.05, 3.63) is 47.0 Å². The van der Waals surface area contributed by atoms with Crippen molar-refractivity contribution in [2.45, 2.75) is 39.2 Å². The summed E-state index contributed by atoms with van der Waals surface area (Å²) in [4.78, 5) is 27.9. The number of nitrogens with one attached hydrogen (secondary N) is 1. The van der Waals surface area contributed by atoms with E-state index in [2.05, 4.69) is 15.4 Å². The molecule has 7 heteroatoms. The first-order chi connectivity index (χ1) is 11.3. The second-order valence-corrected chi connectivity index (χ2v) is 5.89. The largest absolute Gasteiger partial charge is 0.480 e. The smallest absolute Gasteiger partial charge is 0.326 e. The van der Waals surface area contributed by atoms with Gasteiger partial charge in [0.15, 0.2) is 0 Å². The number of hydrogen-bond acceptors (Lipinski definition) is 4. The number of carboxylic acids is 1. The molecule has 2 N–H and O–H groups in total. The van der Waals surface area contributed by atoms with Crippen LogP contribution in [0.3, 0.4) is 0 Å². The molecule has 0 aliphatic carbocycles. The molecule has 1 amide bonds. The van der Waals surface area contributed by atoms with Crippen LogP contribution in [0.4, 0.5) is 0 Å². The number of amides is 1. The third-order valence-corrected chi connectivity index (χ3v) is 4.20. The summed E-state index contributed by atoms with van der Waals surface area (Å²) in [6.45, 7) is 5.50. The minimum absolute atomic E-state index is 0.210. The van der Waals surface area contributed by atoms with Crippen molar-refractivity contribution >= 4 is 11.9 Å². The molecule has 0 saturated carbocycles. The molecule has 7 nitrogen and oxygen atoms in total. The molecule has 2 aromatic rings. The lowest BCUT2D eigenvalue weighted by Crippen LogP contribution is -2.44. The Morgan fingerprint density at radius 2 is 1.92 bits per heavy atom. The van der Waals surface area contributed by atoms with Crippen molar-refractivity contribution in [1.82, 2.24) is 20.1 Å². The molecule has 2 atom stereocenters. The zero-order chi connectivity index (χ0) is 17.9. The van der Waals surface area contributed by atoms with E-state index in [1.165, 1.54) is 0 Å². The molecule has 0 fully saturated rings. The number of aliphatic carboxylic acids is 1. The highest BCUT2D eigenvalue weighted by Gasteiger charge is 2.27. The molecule has 0 saturated heterocycles. The zero-order valence-corrected chi connectivity index (χ0v) is 14.3. The molecule has 2 unspecified atom stereocenters. The molecular weight excluding hydrogens is 308 g/mol. The van der Waals surface area contributed by atoms with E-state index < -0.39 is 17.9 Å². The Labute approximate surface area is 140 Å². The number of nitrogens with zero attached hydrogens (tertiary/aromatic N) is 3. The summed E-state index contributed by atoms with van der Waals surface area (Å²) in [5.74, 6) is -1.86. The third kappa shape index (κ3) is 3.79. The van der Waals surface area contributed by atoms with Crippen LogP contribution < -0.4 is 5.32 Å². The number of rotatable bonds is 6. The zero-order valence-electron chi connectivity index (χ0n) is 14.3. The Morgan fingerprint density at radius 3 is 2.42 bits per heavy atom. The van der Waals surface area contributed by atoms with Crippen LogP contribution in [-0.4, -0.2) is 37.8 Å². The van der Waals surface area contributed by atoms with Gasteiger partial charge in [0, 0.05) is 37.1 Å². The predicted octanol–water partition coefficient (Wildman–Crippen LogP) is 1.35. The van der Waals surface area contributed by atoms with E-state index in [4.69, 9.17) is 0 Å². The molecule has 2 rings (SSSR count). The summed E-state index contributed by atoms with van der Waals surface area (Å²) in [5, 5.41) is 16.3. The minimum atomic E-state index is -1.06. The molecule has 2 aromatic heterocycles. The van der Waals surface area contributed by atoms with E-state index in [0.29, 0.717) is 0 Å². The van der Waals surface area contributed by atoms with E-state index in [9.17, 15) is 14.7 Å². The van der Waals surface area contributed by atoms with E-state index in [1.54, 1.807) is 36.1 Å². The fourth-order valence-electron chi connectivity index (χ4n) is 2.80. The van der Waals surface area contributed by atoms with Crippen LogP contribution in [0.2, 0.25) is 0 Å². The fraction of sp³-hybridized carbons (Fsp3) is 0.412. The topological polar surface area (TPSA) is 97.1 Å². The number of carboxylic acid groups (broad SMARTS) is 1. The summed E-state index contributed by atoms with van der Waals surface area (Å²) >= 11 is 0. The van der Waals surface area contributed by atoms with Crippen LogP contribution in [0.1, 0.15) is 35.4 Å². The average molecular weight is 330 g/mol. The first kappa shape index (κ1) is 17.7. The number of pyridine rings is 1. The van der Waals surface area contributed by atoms with Crippen molar-refractivity contribution in [3.8, 4) is 0 Å². The maximum absolute atomic E-state index is 12.5. The molecular formula is C17H22N4O3. The van der Waals surface area contributed by atoms with Crippen LogP contribution in [0.15, 0.2) is 24.5 Å². The Morgan fingerprint density at radius 1 is 1.29 bits per heavy atom. The lowest BCUT2D eigenvalue weighted by Gasteiger charge is -2.18. The molecule has 24 heavy (non-hydrogen) atoms. The van der Waals surface area contributed by atoms with Gasteiger partial charge in [-0.2, -0.15) is 5.10 Å². The van der Waals surface area contributed by atoms with Crippen molar-refractivity contribution in [1.29, 1.82) is 0 Å². The van der Waals surface area contributed by atoms with Gasteiger partial charge >= 0.3 is 5.97 Å². The molecule has 0 aromatic carbocycles. The number of carbonyl (C=O) groups is 2. The molecule has 0 aliphatic rings. The van der Waals surface area contributed by atoms with Gasteiger partial charge in [-0.25, -0.2) is 4.79 Å². The number of hydrogen-bond donors (Lipinski definition) is 2. The fourth-order valence-corrected chi connectivity index (χ4v) is 2.80. The molecule has 0 radical (unpaired) electrons. The summed E-state index contributed by atoms with van der Waals surface area (Å²) in [6.07, 6.45) is 3.41. The normalized spacial score (nSPS) is 13.3. The second kappa shape index (κ2) is 7.25. The van der Waals surface area contributed by atoms with E-state index in [1.807, 2.05) is 20.9 Å². The van der Waals surface area contributed by atoms with E-state index in [0.717, 1.165) is 22.5 Å². The maximum Gasteiger partial charge on any atom is 0.326 e. The third-order valence-electron chi connectivity index (χ3n) is 4.20. The second-order valence-electron chi connectivity index (χ2n) is 5.89. The first-order valence-corrected chi connectivity index (χ1v) is 7.73. The standard InChI is InChI=1S/C17H22N4O3/c1-10(15-11(2)20-21(4)12(15)3)16(22)19-14(17(23)24)9-13-5-7-18-8-6-13/h5-8,10,14H,9H2,1-4H3,(H,19,22)(H,23,24). The number of aryl methyl sites for hydroxylation is 2. The molecule has 128 valence electrons. The quantitative estimate of drug-likeness (QED) is 0.833. The molecule has 0 aliphatic heterocycles. The van der Waals surface area contributed by atoms with E-state index in [-0.39, 0.29) is 12.3 Å². The monoisotopic (exact) mass is 330 g/mol. The SMILES string of the molecule is Cc1nn(C)c(C)c1C(C)C(=O)NC(Cc1ccncc1)C(=O)O. The Hall–Kier alpha value is -2.70. The Balaban J connectivity index is 2.14. The molecule has 2 heterocycles. The van der Waals surface area contributed by atoms with E-state index >= 15 is 0 Å². The molecule has 0 bridgehead atoms. The van der Waals surface area contributed by atoms with Crippen molar-refractivity contribution < 1.29 is 14.7 Å². The van der Waals surface area contributed by atoms with Crippen LogP contribution in [0.5, 0.6) is 0 Å². The Kier molecular flexibility index (Phi) is 5.33. The maximum atomic E-state index is 12.5. The number of aromatic nitrogens is 3. The van der Waals surface area contributed by atoms with Gasteiger partial charge in [-0.15, -0.1) is 0 Å². The summed E-state index contributed by atoms with van der Waals surface area (Å²) < 4.78 is 1.72. The lowest BCUT2D eigenvalue weighted by molar-refractivity contribution is -0.141. The van der Waals surface area contributed by atoms with Crippen LogP contribution >= 0.6 is 0 Å². The van der Waals surface area contributed by atoms with Crippen molar-refractivity contribution in [3.63, 3.8) is 0 Å². The summed E-state index contributed by atoms with van der Waals surface area (Å²) in [5.41, 5.74) is 3.32. The van der Waals surface area contributed by atoms with Crippen molar-refractivity contribution in [2.75, 3.05) is 0 Å². The summed E-state index contributed by atoms with van der Waals surface area (Å²) in [7, 11) is 1.82. The predicted molar refractivity (Wildman–Crippen MR) is 88.6 cm³/mol. The van der Waals surface area contributed by atoms with Gasteiger partial charge < -0.3 is 10.4 Å². The minimum Gasteiger partial charge on any atom is -0.480 e. The highest BCUT2D eigenvalue weighted by molar-refractivity contribution is 5.88. The van der Waals surface area contributed by atoms with Crippen LogP contribution in [0, 0.1) is 13.8 Å². The van der Waals surface area contributed by atoms with Crippen LogP contribution in [0.25, 0.3) is 0 Å². The highest BCUT2D eigenvalue weighted by Crippen LogP contribution is 2.23. The van der Waals surface area contributed by atoms with Gasteiger partial charge in [0.05, 0.1) is 11.6 Å². The highest BCUT2D eigenvalue weighted by atomic mass is 16.4. The Bertz CT molecular complexity index is 740. The first-order valence-electron chi connectivity index (χ1n) is 7.73. The molecule has 0 spiro atoms. The summed E-state index contributed by atoms with van der Waals surface area (Å²) in [6, 6.07) is 2.49. The number of carbonyl (C=O) groups excluding carboxylic acids is 1. The van der Waals surface area contributed by atoms with Gasteiger partial charge in [0.2, 0.25) is 5.91 Å².